The summed E-state index contributed by atoms with van der Waals surface area (Å²) in [5, 5.41) is 2.80. The van der Waals surface area contributed by atoms with Crippen LogP contribution in [0.5, 0.6) is 5.75 Å². The second kappa shape index (κ2) is 7.98. The van der Waals surface area contributed by atoms with Crippen molar-refractivity contribution in [1.82, 2.24) is 5.32 Å². The average molecular weight is 354 g/mol. The van der Waals surface area contributed by atoms with Crippen molar-refractivity contribution < 1.29 is 14.3 Å². The van der Waals surface area contributed by atoms with E-state index in [1.54, 1.807) is 12.1 Å². The van der Waals surface area contributed by atoms with E-state index in [0.29, 0.717) is 17.3 Å². The van der Waals surface area contributed by atoms with Crippen molar-refractivity contribution in [3.63, 3.8) is 0 Å². The molecule has 1 heterocycles. The third kappa shape index (κ3) is 4.48. The number of rotatable bonds is 6. The second-order valence-corrected chi connectivity index (χ2v) is 6.62. The standard InChI is InChI=1S/C19H18N2O3S/c1-2-24-15-10-8-14(9-11-15)20-19-21-18(23)17(25-19)12-16(22)13-6-4-3-5-7-13/h3-11,17H,2,12H2,1H3,(H,20,21,23). The lowest BCUT2D eigenvalue weighted by Crippen LogP contribution is -2.26. The van der Waals surface area contributed by atoms with Crippen LogP contribution in [0.25, 0.3) is 0 Å². The van der Waals surface area contributed by atoms with E-state index < -0.39 is 5.25 Å². The number of thioether (sulfide) groups is 1. The largest absolute Gasteiger partial charge is 0.494 e. The molecule has 1 saturated heterocycles. The molecule has 1 atom stereocenters. The molecule has 128 valence electrons. The Balaban J connectivity index is 1.64. The van der Waals surface area contributed by atoms with Gasteiger partial charge in [-0.05, 0) is 31.2 Å². The van der Waals surface area contributed by atoms with Crippen LogP contribution in [-0.4, -0.2) is 28.7 Å². The lowest BCUT2D eigenvalue weighted by Gasteiger charge is -2.04. The summed E-state index contributed by atoms with van der Waals surface area (Å²) in [4.78, 5) is 28.8. The maximum Gasteiger partial charge on any atom is 0.240 e. The van der Waals surface area contributed by atoms with Gasteiger partial charge in [0.05, 0.1) is 17.5 Å². The van der Waals surface area contributed by atoms with Gasteiger partial charge in [0.15, 0.2) is 11.0 Å². The number of aliphatic imine (C=N–C) groups is 1. The van der Waals surface area contributed by atoms with Gasteiger partial charge in [0, 0.05) is 12.0 Å². The SMILES string of the molecule is CCOc1ccc(N=C2NC(=O)C(CC(=O)c3ccccc3)S2)cc1. The molecule has 2 aromatic carbocycles. The van der Waals surface area contributed by atoms with Gasteiger partial charge in [0.2, 0.25) is 5.91 Å². The zero-order valence-electron chi connectivity index (χ0n) is 13.8. The maximum absolute atomic E-state index is 12.3. The first kappa shape index (κ1) is 17.2. The van der Waals surface area contributed by atoms with Gasteiger partial charge in [-0.15, -0.1) is 0 Å². The van der Waals surface area contributed by atoms with Crippen molar-refractivity contribution >= 4 is 34.3 Å². The van der Waals surface area contributed by atoms with Crippen LogP contribution in [0.2, 0.25) is 0 Å². The maximum atomic E-state index is 12.3. The van der Waals surface area contributed by atoms with Crippen molar-refractivity contribution in [1.29, 1.82) is 0 Å². The fourth-order valence-electron chi connectivity index (χ4n) is 2.40. The van der Waals surface area contributed by atoms with Crippen LogP contribution in [0.1, 0.15) is 23.7 Å². The molecule has 0 aromatic heterocycles. The quantitative estimate of drug-likeness (QED) is 0.805. The number of ether oxygens (including phenoxy) is 1. The molecule has 1 amide bonds. The average Bonchev–Trinajstić information content (AvgIpc) is 2.97. The Hall–Kier alpha value is -2.60. The van der Waals surface area contributed by atoms with Crippen LogP contribution in [0.3, 0.4) is 0 Å². The first-order valence-corrected chi connectivity index (χ1v) is 8.91. The smallest absolute Gasteiger partial charge is 0.240 e. The van der Waals surface area contributed by atoms with E-state index in [4.69, 9.17) is 4.74 Å². The third-order valence-electron chi connectivity index (χ3n) is 3.62. The number of amides is 1. The Morgan fingerprint density at radius 1 is 1.16 bits per heavy atom. The number of ketones is 1. The van der Waals surface area contributed by atoms with Crippen LogP contribution in [0, 0.1) is 0 Å². The second-order valence-electron chi connectivity index (χ2n) is 5.43. The molecular weight excluding hydrogens is 336 g/mol. The molecule has 5 nitrogen and oxygen atoms in total. The fraction of sp³-hybridized carbons (Fsp3) is 0.211. The van der Waals surface area contributed by atoms with Gasteiger partial charge < -0.3 is 10.1 Å². The van der Waals surface area contributed by atoms with Crippen molar-refractivity contribution in [3.8, 4) is 5.75 Å². The Kier molecular flexibility index (Phi) is 5.50. The zero-order valence-corrected chi connectivity index (χ0v) is 14.6. The molecular formula is C19H18N2O3S. The van der Waals surface area contributed by atoms with Crippen LogP contribution in [0.4, 0.5) is 5.69 Å². The molecule has 1 aliphatic rings. The normalized spacial score (nSPS) is 18.2. The molecule has 6 heteroatoms. The Labute approximate surface area is 150 Å². The summed E-state index contributed by atoms with van der Waals surface area (Å²) >= 11 is 1.29. The highest BCUT2D eigenvalue weighted by atomic mass is 32.2. The van der Waals surface area contributed by atoms with Gasteiger partial charge in [-0.1, -0.05) is 42.1 Å². The minimum atomic E-state index is -0.450. The molecule has 0 bridgehead atoms. The van der Waals surface area contributed by atoms with Gasteiger partial charge in [-0.2, -0.15) is 0 Å². The lowest BCUT2D eigenvalue weighted by atomic mass is 10.1. The summed E-state index contributed by atoms with van der Waals surface area (Å²) in [6, 6.07) is 16.3. The zero-order chi connectivity index (χ0) is 17.6. The summed E-state index contributed by atoms with van der Waals surface area (Å²) in [6.45, 7) is 2.53. The highest BCUT2D eigenvalue weighted by Crippen LogP contribution is 2.27. The van der Waals surface area contributed by atoms with Crippen LogP contribution in [-0.2, 0) is 4.79 Å². The predicted octanol–water partition coefficient (Wildman–Crippen LogP) is 3.58. The molecule has 0 saturated carbocycles. The molecule has 1 unspecified atom stereocenters. The van der Waals surface area contributed by atoms with Crippen LogP contribution in [0.15, 0.2) is 59.6 Å². The van der Waals surface area contributed by atoms with E-state index in [-0.39, 0.29) is 18.1 Å². The molecule has 3 rings (SSSR count). The summed E-state index contributed by atoms with van der Waals surface area (Å²) in [6.07, 6.45) is 0.156. The van der Waals surface area contributed by atoms with Crippen molar-refractivity contribution in [3.05, 3.63) is 60.2 Å². The minimum absolute atomic E-state index is 0.0458. The number of benzene rings is 2. The minimum Gasteiger partial charge on any atom is -0.494 e. The van der Waals surface area contributed by atoms with E-state index in [2.05, 4.69) is 10.3 Å². The van der Waals surface area contributed by atoms with Gasteiger partial charge in [0.25, 0.3) is 0 Å². The Bertz CT molecular complexity index is 788. The number of nitrogens with zero attached hydrogens (tertiary/aromatic N) is 1. The number of hydrogen-bond acceptors (Lipinski definition) is 5. The topological polar surface area (TPSA) is 67.8 Å². The van der Waals surface area contributed by atoms with Gasteiger partial charge in [-0.25, -0.2) is 4.99 Å². The van der Waals surface area contributed by atoms with Crippen molar-refractivity contribution in [2.75, 3.05) is 6.61 Å². The molecule has 0 radical (unpaired) electrons. The van der Waals surface area contributed by atoms with Crippen LogP contribution < -0.4 is 10.1 Å². The third-order valence-corrected chi connectivity index (χ3v) is 4.70. The lowest BCUT2D eigenvalue weighted by molar-refractivity contribution is -0.118. The van der Waals surface area contributed by atoms with Gasteiger partial charge in [-0.3, -0.25) is 9.59 Å². The molecule has 25 heavy (non-hydrogen) atoms. The molecule has 1 fully saturated rings. The number of amidine groups is 1. The van der Waals surface area contributed by atoms with E-state index >= 15 is 0 Å². The molecule has 0 spiro atoms. The Morgan fingerprint density at radius 2 is 1.88 bits per heavy atom. The number of carbonyl (C=O) groups excluding carboxylic acids is 2. The summed E-state index contributed by atoms with van der Waals surface area (Å²) in [5.74, 6) is 0.551. The van der Waals surface area contributed by atoms with Crippen molar-refractivity contribution in [2.24, 2.45) is 4.99 Å². The number of nitrogens with one attached hydrogen (secondary N) is 1. The van der Waals surface area contributed by atoms with E-state index in [1.807, 2.05) is 49.4 Å². The summed E-state index contributed by atoms with van der Waals surface area (Å²) < 4.78 is 5.39. The number of Topliss-reactive ketones (excluding diaryl/α,β-unsaturated/α-hetero) is 1. The molecule has 1 aliphatic heterocycles. The highest BCUT2D eigenvalue weighted by Gasteiger charge is 2.32. The molecule has 2 aromatic rings. The van der Waals surface area contributed by atoms with E-state index in [9.17, 15) is 9.59 Å². The van der Waals surface area contributed by atoms with E-state index in [0.717, 1.165) is 11.4 Å². The summed E-state index contributed by atoms with van der Waals surface area (Å²) in [7, 11) is 0. The first-order chi connectivity index (χ1) is 12.2. The van der Waals surface area contributed by atoms with Gasteiger partial charge >= 0.3 is 0 Å². The molecule has 0 aliphatic carbocycles. The van der Waals surface area contributed by atoms with Crippen LogP contribution >= 0.6 is 11.8 Å². The number of carbonyl (C=O) groups is 2. The predicted molar refractivity (Wildman–Crippen MR) is 99.6 cm³/mol. The molecule has 1 N–H and O–H groups in total. The van der Waals surface area contributed by atoms with Crippen molar-refractivity contribution in [2.45, 2.75) is 18.6 Å². The summed E-state index contributed by atoms with van der Waals surface area (Å²) in [5.41, 5.74) is 1.34. The Morgan fingerprint density at radius 3 is 2.56 bits per heavy atom. The fourth-order valence-corrected chi connectivity index (χ4v) is 3.39. The van der Waals surface area contributed by atoms with E-state index in [1.165, 1.54) is 11.8 Å². The number of hydrogen-bond donors (Lipinski definition) is 1. The highest BCUT2D eigenvalue weighted by molar-refractivity contribution is 8.15. The first-order valence-electron chi connectivity index (χ1n) is 8.03. The monoisotopic (exact) mass is 354 g/mol. The van der Waals surface area contributed by atoms with Gasteiger partial charge in [0.1, 0.15) is 5.75 Å².